The van der Waals surface area contributed by atoms with E-state index in [1.165, 1.54) is 25.7 Å². The first-order chi connectivity index (χ1) is 11.7. The van der Waals surface area contributed by atoms with E-state index in [1.807, 2.05) is 22.7 Å². The van der Waals surface area contributed by atoms with Gasteiger partial charge >= 0.3 is 0 Å². The number of fused-ring (bicyclic) bond motifs is 1. The molecule has 25 heavy (non-hydrogen) atoms. The fourth-order valence-electron chi connectivity index (χ4n) is 3.88. The molecule has 2 aromatic rings. The number of pyridine rings is 1. The number of hydrogen-bond donors (Lipinski definition) is 1. The third-order valence-electron chi connectivity index (χ3n) is 5.34. The highest BCUT2D eigenvalue weighted by Crippen LogP contribution is 2.47. The number of aromatic nitrogens is 2. The van der Waals surface area contributed by atoms with Gasteiger partial charge in [-0.1, -0.05) is 6.42 Å². The Morgan fingerprint density at radius 1 is 1.32 bits per heavy atom. The summed E-state index contributed by atoms with van der Waals surface area (Å²) in [4.78, 5) is 11.9. The van der Waals surface area contributed by atoms with Crippen LogP contribution in [-0.2, 0) is 6.54 Å². The monoisotopic (exact) mass is 517 g/mol. The van der Waals surface area contributed by atoms with Crippen LogP contribution in [0.4, 0.5) is 0 Å². The minimum Gasteiger partial charge on any atom is -0.357 e. The predicted molar refractivity (Wildman–Crippen MR) is 116 cm³/mol. The van der Waals surface area contributed by atoms with Gasteiger partial charge in [-0.2, -0.15) is 0 Å². The highest BCUT2D eigenvalue weighted by atomic mass is 127. The SMILES string of the molecule is CCNC(=NCc1cn2cc(Br)ccc2n1)N1CCC2(CCC2)C1.I. The van der Waals surface area contributed by atoms with Gasteiger partial charge in [0.05, 0.1) is 12.2 Å². The lowest BCUT2D eigenvalue weighted by molar-refractivity contribution is 0.151. The number of likely N-dealkylation sites (tertiary alicyclic amines) is 1. The lowest BCUT2D eigenvalue weighted by atomic mass is 9.68. The summed E-state index contributed by atoms with van der Waals surface area (Å²) in [6.45, 7) is 5.94. The summed E-state index contributed by atoms with van der Waals surface area (Å²) in [5.74, 6) is 1.04. The Bertz CT molecular complexity index is 768. The van der Waals surface area contributed by atoms with Gasteiger partial charge in [0.15, 0.2) is 5.96 Å². The van der Waals surface area contributed by atoms with Crippen molar-refractivity contribution in [3.8, 4) is 0 Å². The van der Waals surface area contributed by atoms with E-state index in [4.69, 9.17) is 4.99 Å². The Morgan fingerprint density at radius 3 is 2.84 bits per heavy atom. The largest absolute Gasteiger partial charge is 0.357 e. The summed E-state index contributed by atoms with van der Waals surface area (Å²) in [5, 5.41) is 3.46. The summed E-state index contributed by atoms with van der Waals surface area (Å²) >= 11 is 3.50. The number of nitrogens with zero attached hydrogens (tertiary/aromatic N) is 4. The van der Waals surface area contributed by atoms with Crippen molar-refractivity contribution in [2.75, 3.05) is 19.6 Å². The van der Waals surface area contributed by atoms with E-state index in [1.54, 1.807) is 0 Å². The molecule has 0 aromatic carbocycles. The molecule has 1 saturated heterocycles. The van der Waals surface area contributed by atoms with E-state index in [-0.39, 0.29) is 24.0 Å². The highest BCUT2D eigenvalue weighted by molar-refractivity contribution is 14.0. The predicted octanol–water partition coefficient (Wildman–Crippen LogP) is 4.06. The molecule has 1 spiro atoms. The van der Waals surface area contributed by atoms with Crippen molar-refractivity contribution in [2.45, 2.75) is 39.2 Å². The van der Waals surface area contributed by atoms with Crippen LogP contribution in [0.15, 0.2) is 34.0 Å². The van der Waals surface area contributed by atoms with E-state index in [2.05, 4.69) is 44.3 Å². The van der Waals surface area contributed by atoms with Crippen molar-refractivity contribution in [1.82, 2.24) is 19.6 Å². The third-order valence-corrected chi connectivity index (χ3v) is 5.81. The first kappa shape index (κ1) is 18.9. The summed E-state index contributed by atoms with van der Waals surface area (Å²) in [6.07, 6.45) is 9.60. The molecule has 5 nitrogen and oxygen atoms in total. The van der Waals surface area contributed by atoms with Gasteiger partial charge in [-0.3, -0.25) is 0 Å². The van der Waals surface area contributed by atoms with Crippen molar-refractivity contribution in [2.24, 2.45) is 10.4 Å². The Balaban J connectivity index is 0.00000182. The summed E-state index contributed by atoms with van der Waals surface area (Å²) in [6, 6.07) is 4.03. The summed E-state index contributed by atoms with van der Waals surface area (Å²) in [5.41, 5.74) is 2.55. The van der Waals surface area contributed by atoms with Crippen LogP contribution < -0.4 is 5.32 Å². The van der Waals surface area contributed by atoms with Gasteiger partial charge in [0.2, 0.25) is 0 Å². The maximum absolute atomic E-state index is 4.85. The van der Waals surface area contributed by atoms with Crippen LogP contribution in [0.2, 0.25) is 0 Å². The van der Waals surface area contributed by atoms with E-state index in [0.717, 1.165) is 41.4 Å². The lowest BCUT2D eigenvalue weighted by Crippen LogP contribution is -2.42. The molecule has 0 atom stereocenters. The van der Waals surface area contributed by atoms with Gasteiger partial charge in [-0.25, -0.2) is 9.98 Å². The normalized spacial score (nSPS) is 19.1. The van der Waals surface area contributed by atoms with Crippen molar-refractivity contribution >= 4 is 51.5 Å². The molecule has 1 aliphatic carbocycles. The van der Waals surface area contributed by atoms with Crippen LogP contribution >= 0.6 is 39.9 Å². The molecule has 7 heteroatoms. The number of rotatable bonds is 3. The zero-order valence-corrected chi connectivity index (χ0v) is 18.5. The van der Waals surface area contributed by atoms with Gasteiger partial charge in [0, 0.05) is 36.5 Å². The molecular formula is C18H25BrIN5. The van der Waals surface area contributed by atoms with Gasteiger partial charge in [-0.15, -0.1) is 24.0 Å². The Labute approximate surface area is 174 Å². The molecule has 1 N–H and O–H groups in total. The van der Waals surface area contributed by atoms with Crippen LogP contribution in [0, 0.1) is 5.41 Å². The van der Waals surface area contributed by atoms with Crippen LogP contribution in [0.25, 0.3) is 5.65 Å². The quantitative estimate of drug-likeness (QED) is 0.379. The minimum atomic E-state index is 0. The molecule has 2 aliphatic rings. The van der Waals surface area contributed by atoms with Crippen molar-refractivity contribution < 1.29 is 0 Å². The first-order valence-corrected chi connectivity index (χ1v) is 9.63. The van der Waals surface area contributed by atoms with Gasteiger partial charge < -0.3 is 14.6 Å². The molecule has 1 saturated carbocycles. The number of guanidine groups is 1. The third kappa shape index (κ3) is 3.97. The topological polar surface area (TPSA) is 44.9 Å². The van der Waals surface area contributed by atoms with Crippen LogP contribution in [0.5, 0.6) is 0 Å². The number of hydrogen-bond acceptors (Lipinski definition) is 2. The fourth-order valence-corrected chi connectivity index (χ4v) is 4.23. The van der Waals surface area contributed by atoms with Crippen molar-refractivity contribution in [1.29, 1.82) is 0 Å². The molecule has 0 amide bonds. The lowest BCUT2D eigenvalue weighted by Gasteiger charge is -2.38. The van der Waals surface area contributed by atoms with Crippen molar-refractivity contribution in [3.05, 3.63) is 34.7 Å². The molecule has 136 valence electrons. The number of imidazole rings is 1. The number of aliphatic imine (C=N–C) groups is 1. The fraction of sp³-hybridized carbons (Fsp3) is 0.556. The maximum atomic E-state index is 4.85. The number of nitrogens with one attached hydrogen (secondary N) is 1. The Morgan fingerprint density at radius 2 is 2.16 bits per heavy atom. The second-order valence-corrected chi connectivity index (χ2v) is 7.96. The van der Waals surface area contributed by atoms with Crippen LogP contribution in [0.1, 0.15) is 38.3 Å². The highest BCUT2D eigenvalue weighted by Gasteiger charge is 2.43. The average molecular weight is 518 g/mol. The number of halogens is 2. The molecule has 2 fully saturated rings. The molecule has 1 aliphatic heterocycles. The zero-order valence-electron chi connectivity index (χ0n) is 14.5. The molecule has 3 heterocycles. The molecule has 0 bridgehead atoms. The second-order valence-electron chi connectivity index (χ2n) is 7.04. The average Bonchev–Trinajstić information content (AvgIpc) is 3.14. The standard InChI is InChI=1S/C18H24BrN5.HI/c1-2-20-17(23-9-8-18(13-23)6-3-7-18)21-10-15-12-24-11-14(19)4-5-16(24)22-15;/h4-5,11-12H,2-3,6-10,13H2,1H3,(H,20,21);1H. The Hall–Kier alpha value is -0.830. The van der Waals surface area contributed by atoms with Gasteiger partial charge in [0.25, 0.3) is 0 Å². The molecule has 2 aromatic heterocycles. The zero-order chi connectivity index (χ0) is 16.6. The molecule has 0 unspecified atom stereocenters. The summed E-state index contributed by atoms with van der Waals surface area (Å²) < 4.78 is 3.10. The molecule has 4 rings (SSSR count). The van der Waals surface area contributed by atoms with Gasteiger partial charge in [0.1, 0.15) is 5.65 Å². The van der Waals surface area contributed by atoms with E-state index >= 15 is 0 Å². The molecule has 0 radical (unpaired) electrons. The summed E-state index contributed by atoms with van der Waals surface area (Å²) in [7, 11) is 0. The van der Waals surface area contributed by atoms with Crippen LogP contribution in [0.3, 0.4) is 0 Å². The maximum Gasteiger partial charge on any atom is 0.194 e. The molecular weight excluding hydrogens is 493 g/mol. The Kier molecular flexibility index (Phi) is 5.92. The van der Waals surface area contributed by atoms with E-state index in [0.29, 0.717) is 12.0 Å². The van der Waals surface area contributed by atoms with Gasteiger partial charge in [-0.05, 0) is 59.7 Å². The second kappa shape index (κ2) is 7.82. The van der Waals surface area contributed by atoms with Crippen molar-refractivity contribution in [3.63, 3.8) is 0 Å². The van der Waals surface area contributed by atoms with Crippen LogP contribution in [-0.4, -0.2) is 39.9 Å². The minimum absolute atomic E-state index is 0. The van der Waals surface area contributed by atoms with E-state index < -0.39 is 0 Å². The first-order valence-electron chi connectivity index (χ1n) is 8.84. The smallest absolute Gasteiger partial charge is 0.194 e. The van der Waals surface area contributed by atoms with E-state index in [9.17, 15) is 0 Å².